The molecule has 162 valence electrons. The van der Waals surface area contributed by atoms with Crippen molar-refractivity contribution in [1.82, 2.24) is 4.98 Å². The molecule has 1 aromatic carbocycles. The Labute approximate surface area is 172 Å². The van der Waals surface area contributed by atoms with E-state index in [1.54, 1.807) is 4.90 Å². The highest BCUT2D eigenvalue weighted by molar-refractivity contribution is 7.22. The Morgan fingerprint density at radius 3 is 2.47 bits per heavy atom. The molecule has 0 N–H and O–H groups in total. The monoisotopic (exact) mass is 445 g/mol. The van der Waals surface area contributed by atoms with Crippen LogP contribution >= 0.6 is 11.3 Å². The summed E-state index contributed by atoms with van der Waals surface area (Å²) in [5, 5.41) is 11.2. The molecule has 1 spiro atoms. The maximum absolute atomic E-state index is 13.1. The van der Waals surface area contributed by atoms with Crippen LogP contribution in [-0.2, 0) is 15.7 Å². The predicted molar refractivity (Wildman–Crippen MR) is 103 cm³/mol. The van der Waals surface area contributed by atoms with E-state index in [0.29, 0.717) is 57.2 Å². The molecule has 0 amide bonds. The van der Waals surface area contributed by atoms with E-state index in [-0.39, 0.29) is 9.83 Å². The van der Waals surface area contributed by atoms with Crippen molar-refractivity contribution in [2.75, 3.05) is 31.2 Å². The van der Waals surface area contributed by atoms with Crippen molar-refractivity contribution >= 4 is 32.2 Å². The van der Waals surface area contributed by atoms with Crippen LogP contribution in [0.4, 0.5) is 24.0 Å². The highest BCUT2D eigenvalue weighted by Crippen LogP contribution is 2.39. The number of rotatable bonds is 2. The van der Waals surface area contributed by atoms with Gasteiger partial charge in [0.1, 0.15) is 4.70 Å². The van der Waals surface area contributed by atoms with Gasteiger partial charge in [0.05, 0.1) is 29.1 Å². The van der Waals surface area contributed by atoms with E-state index in [9.17, 15) is 28.1 Å². The topological polar surface area (TPSA) is 94.8 Å². The fraction of sp³-hybridized carbons (Fsp3) is 0.556. The summed E-state index contributed by atoms with van der Waals surface area (Å²) in [5.74, 6) is -0.374. The smallest absolute Gasteiger partial charge is 0.349 e. The molecule has 2 aromatic rings. The van der Waals surface area contributed by atoms with Gasteiger partial charge in [-0.15, -0.1) is 0 Å². The molecule has 2 aliphatic rings. The predicted octanol–water partition coefficient (Wildman–Crippen LogP) is 3.56. The van der Waals surface area contributed by atoms with Gasteiger partial charge in [-0.3, -0.25) is 14.9 Å². The summed E-state index contributed by atoms with van der Waals surface area (Å²) in [5.41, 5.74) is -2.93. The fourth-order valence-corrected chi connectivity index (χ4v) is 4.70. The second-order valence-corrected chi connectivity index (χ2v) is 8.53. The van der Waals surface area contributed by atoms with Gasteiger partial charge in [0.2, 0.25) is 0 Å². The first-order valence-electron chi connectivity index (χ1n) is 9.31. The van der Waals surface area contributed by atoms with Crippen LogP contribution in [0, 0.1) is 16.0 Å². The largest absolute Gasteiger partial charge is 0.416 e. The number of fused-ring (bicyclic) bond motifs is 1. The van der Waals surface area contributed by atoms with E-state index in [0.717, 1.165) is 11.3 Å². The van der Waals surface area contributed by atoms with Crippen LogP contribution in [0.3, 0.4) is 0 Å². The lowest BCUT2D eigenvalue weighted by molar-refractivity contribution is -0.383. The molecule has 2 aliphatic heterocycles. The fourth-order valence-electron chi connectivity index (χ4n) is 3.58. The summed E-state index contributed by atoms with van der Waals surface area (Å²) in [6, 6.07) is 1.08. The van der Waals surface area contributed by atoms with Crippen LogP contribution < -0.4 is 10.5 Å². The quantitative estimate of drug-likeness (QED) is 0.515. The first-order chi connectivity index (χ1) is 14.1. The Kier molecular flexibility index (Phi) is 5.19. The zero-order valence-corrected chi connectivity index (χ0v) is 16.7. The minimum atomic E-state index is -4.81. The van der Waals surface area contributed by atoms with Crippen molar-refractivity contribution < 1.29 is 27.6 Å². The number of nitro benzene ring substituents is 1. The number of aromatic nitrogens is 1. The van der Waals surface area contributed by atoms with Gasteiger partial charge in [-0.1, -0.05) is 18.3 Å². The molecular weight excluding hydrogens is 427 g/mol. The van der Waals surface area contributed by atoms with E-state index >= 15 is 0 Å². The van der Waals surface area contributed by atoms with Crippen LogP contribution in [-0.4, -0.2) is 42.0 Å². The number of nitrogens with zero attached hydrogens (tertiary/aromatic N) is 3. The number of benzene rings is 1. The van der Waals surface area contributed by atoms with Crippen LogP contribution in [0.15, 0.2) is 16.9 Å². The van der Waals surface area contributed by atoms with Crippen LogP contribution in [0.25, 0.3) is 10.1 Å². The van der Waals surface area contributed by atoms with Crippen molar-refractivity contribution in [2.24, 2.45) is 5.92 Å². The number of piperidine rings is 1. The van der Waals surface area contributed by atoms with E-state index in [1.165, 1.54) is 0 Å². The van der Waals surface area contributed by atoms with Gasteiger partial charge in [0.15, 0.2) is 10.9 Å². The summed E-state index contributed by atoms with van der Waals surface area (Å²) in [7, 11) is 0. The third-order valence-corrected chi connectivity index (χ3v) is 6.44. The number of hydrogen-bond acceptors (Lipinski definition) is 8. The van der Waals surface area contributed by atoms with Gasteiger partial charge in [-0.05, 0) is 6.07 Å². The first-order valence-corrected chi connectivity index (χ1v) is 10.1. The molecule has 30 heavy (non-hydrogen) atoms. The minimum Gasteiger partial charge on any atom is -0.349 e. The highest BCUT2D eigenvalue weighted by Gasteiger charge is 2.40. The molecule has 8 nitrogen and oxygen atoms in total. The molecule has 3 heterocycles. The molecule has 12 heteroatoms. The third kappa shape index (κ3) is 3.86. The van der Waals surface area contributed by atoms with Gasteiger partial charge in [0, 0.05) is 37.9 Å². The average molecular weight is 445 g/mol. The van der Waals surface area contributed by atoms with Gasteiger partial charge in [-0.25, -0.2) is 0 Å². The van der Waals surface area contributed by atoms with Crippen molar-refractivity contribution in [1.29, 1.82) is 0 Å². The summed E-state index contributed by atoms with van der Waals surface area (Å²) in [6.07, 6.45) is -3.77. The minimum absolute atomic E-state index is 0.123. The summed E-state index contributed by atoms with van der Waals surface area (Å²) < 4.78 is 50.9. The lowest BCUT2D eigenvalue weighted by Crippen LogP contribution is -2.51. The van der Waals surface area contributed by atoms with E-state index in [1.807, 2.05) is 6.92 Å². The average Bonchev–Trinajstić information content (AvgIpc) is 2.69. The number of anilines is 1. The number of halogens is 3. The Bertz CT molecular complexity index is 1040. The molecule has 1 aromatic heterocycles. The molecule has 0 aliphatic carbocycles. The van der Waals surface area contributed by atoms with Gasteiger partial charge >= 0.3 is 6.18 Å². The molecule has 4 rings (SSSR count). The lowest BCUT2D eigenvalue weighted by Gasteiger charge is -2.44. The second kappa shape index (κ2) is 7.43. The number of hydrogen-bond donors (Lipinski definition) is 0. The lowest BCUT2D eigenvalue weighted by atomic mass is 10.0. The maximum atomic E-state index is 13.1. The van der Waals surface area contributed by atoms with Crippen LogP contribution in [0.2, 0.25) is 0 Å². The highest BCUT2D eigenvalue weighted by atomic mass is 32.1. The molecule has 0 atom stereocenters. The van der Waals surface area contributed by atoms with Crippen LogP contribution in [0.1, 0.15) is 25.3 Å². The third-order valence-electron chi connectivity index (χ3n) is 5.27. The van der Waals surface area contributed by atoms with Gasteiger partial charge in [0.25, 0.3) is 11.2 Å². The van der Waals surface area contributed by atoms with Crippen LogP contribution in [0.5, 0.6) is 0 Å². The van der Waals surface area contributed by atoms with Gasteiger partial charge < -0.3 is 14.4 Å². The molecule has 2 fully saturated rings. The summed E-state index contributed by atoms with van der Waals surface area (Å²) in [4.78, 5) is 28.6. The number of alkyl halides is 3. The Morgan fingerprint density at radius 2 is 1.90 bits per heavy atom. The van der Waals surface area contributed by atoms with E-state index < -0.39 is 39.1 Å². The molecule has 2 saturated heterocycles. The van der Waals surface area contributed by atoms with E-state index in [2.05, 4.69) is 4.98 Å². The number of nitro groups is 1. The Hall–Kier alpha value is -2.31. The molecule has 0 bridgehead atoms. The number of non-ortho nitro benzene ring substituents is 1. The SMILES string of the molecule is CC1COC2(CCN(c3nc(=O)c4cc(C(F)(F)F)cc([N+](=O)[O-])c4s3)CC2)OC1. The maximum Gasteiger partial charge on any atom is 0.416 e. The van der Waals surface area contributed by atoms with Gasteiger partial charge in [-0.2, -0.15) is 18.2 Å². The van der Waals surface area contributed by atoms with Crippen molar-refractivity contribution in [3.63, 3.8) is 0 Å². The molecular formula is C18H18F3N3O5S. The standard InChI is InChI=1S/C18H18F3N3O5S/c1-10-8-28-17(29-9-10)2-4-23(5-3-17)16-22-15(25)12-6-11(18(19,20)21)7-13(24(26)27)14(12)30-16/h6-7,10H,2-5,8-9H2,1H3. The zero-order valence-electron chi connectivity index (χ0n) is 15.9. The first kappa shape index (κ1) is 20.9. The van der Waals surface area contributed by atoms with Crippen molar-refractivity contribution in [3.05, 3.63) is 38.2 Å². The zero-order chi connectivity index (χ0) is 21.7. The molecule has 0 saturated carbocycles. The second-order valence-electron chi connectivity index (χ2n) is 7.55. The summed E-state index contributed by atoms with van der Waals surface area (Å²) in [6.45, 7) is 4.09. The van der Waals surface area contributed by atoms with E-state index in [4.69, 9.17) is 9.47 Å². The molecule has 0 radical (unpaired) electrons. The van der Waals surface area contributed by atoms with Crippen molar-refractivity contribution in [3.8, 4) is 0 Å². The Morgan fingerprint density at radius 1 is 1.27 bits per heavy atom. The Balaban J connectivity index is 1.67. The number of ether oxygens (including phenoxy) is 2. The summed E-state index contributed by atoms with van der Waals surface area (Å²) >= 11 is 0.841. The molecule has 0 unspecified atom stereocenters. The normalized spacial score (nSPS) is 20.1. The van der Waals surface area contributed by atoms with Crippen molar-refractivity contribution in [2.45, 2.75) is 31.7 Å².